The number of nitrogens with zero attached hydrogens (tertiary/aromatic N) is 2. The summed E-state index contributed by atoms with van der Waals surface area (Å²) in [6, 6.07) is 14.6. The van der Waals surface area contributed by atoms with Gasteiger partial charge >= 0.3 is 0 Å². The Balaban J connectivity index is 2.38. The summed E-state index contributed by atoms with van der Waals surface area (Å²) < 4.78 is 0.905. The van der Waals surface area contributed by atoms with Crippen LogP contribution in [0.2, 0.25) is 0 Å². The van der Waals surface area contributed by atoms with E-state index in [-0.39, 0.29) is 5.91 Å². The maximum atomic E-state index is 12.5. The molecule has 3 nitrogen and oxygen atoms in total. The van der Waals surface area contributed by atoms with Crippen LogP contribution in [0.4, 0.5) is 5.69 Å². The standard InChI is InChI=1S/C16H13BrN2O/c1-11-14(7-4-8-15(11)17)16(20)19(2)13-6-3-5-12(9-13)10-18/h3-9H,1-2H3. The van der Waals surface area contributed by atoms with Gasteiger partial charge in [0.25, 0.3) is 5.91 Å². The highest BCUT2D eigenvalue weighted by molar-refractivity contribution is 9.10. The van der Waals surface area contributed by atoms with Gasteiger partial charge in [0.05, 0.1) is 11.6 Å². The first-order valence-corrected chi connectivity index (χ1v) is 6.87. The molecular formula is C16H13BrN2O. The van der Waals surface area contributed by atoms with Gasteiger partial charge in [-0.15, -0.1) is 0 Å². The van der Waals surface area contributed by atoms with Crippen LogP contribution in [-0.4, -0.2) is 13.0 Å². The van der Waals surface area contributed by atoms with Crippen LogP contribution >= 0.6 is 15.9 Å². The molecule has 0 saturated carbocycles. The zero-order valence-corrected chi connectivity index (χ0v) is 12.8. The summed E-state index contributed by atoms with van der Waals surface area (Å²) in [4.78, 5) is 14.1. The molecule has 0 unspecified atom stereocenters. The monoisotopic (exact) mass is 328 g/mol. The lowest BCUT2D eigenvalue weighted by Crippen LogP contribution is -2.27. The molecule has 2 rings (SSSR count). The van der Waals surface area contributed by atoms with E-state index in [1.54, 1.807) is 36.2 Å². The molecule has 0 atom stereocenters. The Bertz CT molecular complexity index is 704. The van der Waals surface area contributed by atoms with Crippen molar-refractivity contribution < 1.29 is 4.79 Å². The molecule has 0 radical (unpaired) electrons. The average molecular weight is 329 g/mol. The van der Waals surface area contributed by atoms with E-state index in [0.29, 0.717) is 16.8 Å². The van der Waals surface area contributed by atoms with Crippen molar-refractivity contribution in [2.24, 2.45) is 0 Å². The van der Waals surface area contributed by atoms with Gasteiger partial charge < -0.3 is 4.90 Å². The molecule has 100 valence electrons. The minimum atomic E-state index is -0.0983. The molecule has 0 aliphatic heterocycles. The summed E-state index contributed by atoms with van der Waals surface area (Å²) in [5.41, 5.74) is 2.78. The van der Waals surface area contributed by atoms with Crippen molar-refractivity contribution >= 4 is 27.5 Å². The lowest BCUT2D eigenvalue weighted by atomic mass is 10.1. The van der Waals surface area contributed by atoms with Crippen molar-refractivity contribution in [1.29, 1.82) is 5.26 Å². The molecule has 2 aromatic carbocycles. The summed E-state index contributed by atoms with van der Waals surface area (Å²) in [7, 11) is 1.71. The first-order valence-electron chi connectivity index (χ1n) is 6.08. The van der Waals surface area contributed by atoms with Gasteiger partial charge in [0.15, 0.2) is 0 Å². The molecule has 4 heteroatoms. The highest BCUT2D eigenvalue weighted by Gasteiger charge is 2.16. The van der Waals surface area contributed by atoms with E-state index in [2.05, 4.69) is 22.0 Å². The Morgan fingerprint density at radius 3 is 2.65 bits per heavy atom. The Hall–Kier alpha value is -2.12. The number of hydrogen-bond donors (Lipinski definition) is 0. The third-order valence-corrected chi connectivity index (χ3v) is 4.02. The van der Waals surface area contributed by atoms with Gasteiger partial charge in [0.1, 0.15) is 0 Å². The van der Waals surface area contributed by atoms with Crippen LogP contribution < -0.4 is 4.90 Å². The maximum Gasteiger partial charge on any atom is 0.258 e. The predicted octanol–water partition coefficient (Wildman–Crippen LogP) is 3.91. The van der Waals surface area contributed by atoms with Gasteiger partial charge in [0.2, 0.25) is 0 Å². The molecule has 0 N–H and O–H groups in total. The number of rotatable bonds is 2. The van der Waals surface area contributed by atoms with Crippen molar-refractivity contribution in [1.82, 2.24) is 0 Å². The van der Waals surface area contributed by atoms with Crippen molar-refractivity contribution in [3.63, 3.8) is 0 Å². The Morgan fingerprint density at radius 1 is 1.25 bits per heavy atom. The Morgan fingerprint density at radius 2 is 1.95 bits per heavy atom. The quantitative estimate of drug-likeness (QED) is 0.838. The second-order valence-electron chi connectivity index (χ2n) is 4.44. The first kappa shape index (κ1) is 14.3. The second kappa shape index (κ2) is 5.89. The molecule has 2 aromatic rings. The third kappa shape index (κ3) is 2.73. The number of halogens is 1. The zero-order chi connectivity index (χ0) is 14.7. The number of carbonyl (C=O) groups excluding carboxylic acids is 1. The largest absolute Gasteiger partial charge is 0.311 e. The van der Waals surface area contributed by atoms with E-state index < -0.39 is 0 Å². The maximum absolute atomic E-state index is 12.5. The lowest BCUT2D eigenvalue weighted by molar-refractivity contribution is 0.0992. The van der Waals surface area contributed by atoms with Crippen LogP contribution in [0.25, 0.3) is 0 Å². The lowest BCUT2D eigenvalue weighted by Gasteiger charge is -2.19. The van der Waals surface area contributed by atoms with E-state index in [4.69, 9.17) is 5.26 Å². The highest BCUT2D eigenvalue weighted by Crippen LogP contribution is 2.23. The second-order valence-corrected chi connectivity index (χ2v) is 5.29. The van der Waals surface area contributed by atoms with E-state index in [1.165, 1.54) is 0 Å². The van der Waals surface area contributed by atoms with E-state index >= 15 is 0 Å². The Labute approximate surface area is 126 Å². The van der Waals surface area contributed by atoms with Gasteiger partial charge in [0, 0.05) is 22.8 Å². The number of amides is 1. The molecule has 0 bridgehead atoms. The van der Waals surface area contributed by atoms with Gasteiger partial charge in [-0.3, -0.25) is 4.79 Å². The van der Waals surface area contributed by atoms with Gasteiger partial charge in [-0.1, -0.05) is 28.1 Å². The third-order valence-electron chi connectivity index (χ3n) is 3.17. The summed E-state index contributed by atoms with van der Waals surface area (Å²) in [6.07, 6.45) is 0. The predicted molar refractivity (Wildman–Crippen MR) is 82.8 cm³/mol. The minimum absolute atomic E-state index is 0.0983. The van der Waals surface area contributed by atoms with Gasteiger partial charge in [-0.05, 0) is 42.8 Å². The van der Waals surface area contributed by atoms with Crippen LogP contribution in [0.15, 0.2) is 46.9 Å². The smallest absolute Gasteiger partial charge is 0.258 e. The fraction of sp³-hybridized carbons (Fsp3) is 0.125. The van der Waals surface area contributed by atoms with E-state index in [1.807, 2.05) is 25.1 Å². The van der Waals surface area contributed by atoms with Crippen molar-refractivity contribution in [3.8, 4) is 6.07 Å². The van der Waals surface area contributed by atoms with Crippen molar-refractivity contribution in [2.45, 2.75) is 6.92 Å². The zero-order valence-electron chi connectivity index (χ0n) is 11.2. The minimum Gasteiger partial charge on any atom is -0.311 e. The molecule has 0 aromatic heterocycles. The molecule has 0 heterocycles. The van der Waals surface area contributed by atoms with E-state index in [0.717, 1.165) is 10.0 Å². The fourth-order valence-corrected chi connectivity index (χ4v) is 2.29. The number of anilines is 1. The van der Waals surface area contributed by atoms with Crippen molar-refractivity contribution in [3.05, 3.63) is 63.6 Å². The molecule has 0 saturated heterocycles. The van der Waals surface area contributed by atoms with Crippen LogP contribution in [-0.2, 0) is 0 Å². The van der Waals surface area contributed by atoms with Crippen LogP contribution in [0.1, 0.15) is 21.5 Å². The van der Waals surface area contributed by atoms with Gasteiger partial charge in [-0.2, -0.15) is 5.26 Å². The summed E-state index contributed by atoms with van der Waals surface area (Å²) in [5, 5.41) is 8.92. The van der Waals surface area contributed by atoms with Crippen LogP contribution in [0, 0.1) is 18.3 Å². The number of carbonyl (C=O) groups is 1. The topological polar surface area (TPSA) is 44.1 Å². The summed E-state index contributed by atoms with van der Waals surface area (Å²) >= 11 is 3.43. The van der Waals surface area contributed by atoms with Crippen LogP contribution in [0.3, 0.4) is 0 Å². The number of benzene rings is 2. The molecule has 1 amide bonds. The number of nitriles is 1. The highest BCUT2D eigenvalue weighted by atomic mass is 79.9. The first-order chi connectivity index (χ1) is 9.54. The molecule has 0 aliphatic carbocycles. The number of hydrogen-bond acceptors (Lipinski definition) is 2. The summed E-state index contributed by atoms with van der Waals surface area (Å²) in [5.74, 6) is -0.0983. The molecule has 0 spiro atoms. The molecule has 20 heavy (non-hydrogen) atoms. The Kier molecular flexibility index (Phi) is 4.21. The van der Waals surface area contributed by atoms with E-state index in [9.17, 15) is 4.79 Å². The SMILES string of the molecule is Cc1c(Br)cccc1C(=O)N(C)c1cccc(C#N)c1. The van der Waals surface area contributed by atoms with Crippen molar-refractivity contribution in [2.75, 3.05) is 11.9 Å². The molecular weight excluding hydrogens is 316 g/mol. The molecule has 0 fully saturated rings. The molecule has 0 aliphatic rings. The van der Waals surface area contributed by atoms with Crippen LogP contribution in [0.5, 0.6) is 0 Å². The summed E-state index contributed by atoms with van der Waals surface area (Å²) in [6.45, 7) is 1.90. The normalized spacial score (nSPS) is 9.90. The average Bonchev–Trinajstić information content (AvgIpc) is 2.48. The van der Waals surface area contributed by atoms with Gasteiger partial charge in [-0.25, -0.2) is 0 Å². The fourth-order valence-electron chi connectivity index (χ4n) is 1.92.